The molecule has 0 amide bonds. The van der Waals surface area contributed by atoms with E-state index in [0.29, 0.717) is 17.1 Å². The van der Waals surface area contributed by atoms with Crippen molar-refractivity contribution >= 4 is 17.2 Å². The maximum absolute atomic E-state index is 11.8. The first-order valence-corrected chi connectivity index (χ1v) is 10.4. The maximum Gasteiger partial charge on any atom is 0.337 e. The minimum Gasteiger partial charge on any atom is -0.497 e. The fourth-order valence-corrected chi connectivity index (χ4v) is 4.01. The number of esters is 1. The second kappa shape index (κ2) is 10.6. The van der Waals surface area contributed by atoms with Crippen LogP contribution in [0.5, 0.6) is 5.75 Å². The van der Waals surface area contributed by atoms with Crippen molar-refractivity contribution in [3.8, 4) is 11.8 Å². The predicted octanol–water partition coefficient (Wildman–Crippen LogP) is 3.97. The van der Waals surface area contributed by atoms with Crippen LogP contribution < -0.4 is 4.74 Å². The number of methoxy groups -OCH3 is 2. The van der Waals surface area contributed by atoms with Gasteiger partial charge in [0.15, 0.2) is 0 Å². The number of aliphatic hydroxyl groups is 1. The molecule has 0 saturated carbocycles. The first-order valence-electron chi connectivity index (χ1n) is 10.4. The number of nitrogens with zero attached hydrogens (tertiary/aromatic N) is 2. The Hall–Kier alpha value is -3.30. The zero-order chi connectivity index (χ0) is 22.2. The van der Waals surface area contributed by atoms with Gasteiger partial charge in [-0.2, -0.15) is 5.26 Å². The summed E-state index contributed by atoms with van der Waals surface area (Å²) in [7, 11) is 2.97. The number of carbonyl (C=O) groups excluding carboxylic acids is 1. The van der Waals surface area contributed by atoms with Crippen molar-refractivity contribution < 1.29 is 19.4 Å². The highest BCUT2D eigenvalue weighted by Gasteiger charge is 2.24. The van der Waals surface area contributed by atoms with Gasteiger partial charge in [0.05, 0.1) is 31.1 Å². The van der Waals surface area contributed by atoms with Crippen LogP contribution in [0.15, 0.2) is 48.5 Å². The summed E-state index contributed by atoms with van der Waals surface area (Å²) in [6.07, 6.45) is 2.76. The molecule has 0 aromatic heterocycles. The van der Waals surface area contributed by atoms with Crippen LogP contribution in [-0.4, -0.2) is 49.9 Å². The zero-order valence-corrected chi connectivity index (χ0v) is 18.0. The lowest BCUT2D eigenvalue weighted by atomic mass is 9.91. The minimum absolute atomic E-state index is 0.210. The third-order valence-corrected chi connectivity index (χ3v) is 5.77. The largest absolute Gasteiger partial charge is 0.497 e. The van der Waals surface area contributed by atoms with E-state index in [9.17, 15) is 15.2 Å². The molecular formula is C25H28N2O4. The monoisotopic (exact) mass is 420 g/mol. The van der Waals surface area contributed by atoms with Crippen LogP contribution >= 0.6 is 0 Å². The lowest BCUT2D eigenvalue weighted by Gasteiger charge is -2.36. The van der Waals surface area contributed by atoms with Gasteiger partial charge in [-0.1, -0.05) is 12.1 Å². The topological polar surface area (TPSA) is 82.8 Å². The summed E-state index contributed by atoms with van der Waals surface area (Å²) < 4.78 is 10.1. The molecule has 0 aliphatic carbocycles. The van der Waals surface area contributed by atoms with Crippen molar-refractivity contribution in [3.05, 3.63) is 65.2 Å². The number of allylic oxidation sites excluding steroid dienone is 1. The maximum atomic E-state index is 11.8. The molecule has 2 aromatic carbocycles. The summed E-state index contributed by atoms with van der Waals surface area (Å²) in [5.41, 5.74) is 3.56. The quantitative estimate of drug-likeness (QED) is 0.415. The number of benzene rings is 2. The molecule has 0 unspecified atom stereocenters. The van der Waals surface area contributed by atoms with Crippen LogP contribution in [0.1, 0.15) is 40.7 Å². The number of hydrogen-bond acceptors (Lipinski definition) is 6. The number of carbonyl (C=O) groups is 1. The predicted molar refractivity (Wildman–Crippen MR) is 119 cm³/mol. The molecule has 1 saturated heterocycles. The number of nitriles is 1. The molecule has 31 heavy (non-hydrogen) atoms. The van der Waals surface area contributed by atoms with Gasteiger partial charge in [0.25, 0.3) is 0 Å². The van der Waals surface area contributed by atoms with Gasteiger partial charge in [-0.25, -0.2) is 4.79 Å². The minimum atomic E-state index is -0.407. The average molecular weight is 421 g/mol. The first-order chi connectivity index (χ1) is 15.1. The molecular weight excluding hydrogens is 392 g/mol. The van der Waals surface area contributed by atoms with Gasteiger partial charge in [-0.05, 0) is 72.7 Å². The lowest BCUT2D eigenvalue weighted by molar-refractivity contribution is 0.0600. The third kappa shape index (κ3) is 5.25. The fraction of sp³-hybridized carbons (Fsp3) is 0.360. The number of piperidine rings is 1. The molecule has 0 radical (unpaired) electrons. The first kappa shape index (κ1) is 22.4. The lowest BCUT2D eigenvalue weighted by Crippen LogP contribution is -2.33. The zero-order valence-electron chi connectivity index (χ0n) is 18.0. The molecule has 0 bridgehead atoms. The number of likely N-dealkylation sites (tertiary alicyclic amines) is 1. The van der Waals surface area contributed by atoms with Gasteiger partial charge >= 0.3 is 5.97 Å². The van der Waals surface area contributed by atoms with Crippen LogP contribution in [0.3, 0.4) is 0 Å². The van der Waals surface area contributed by atoms with E-state index in [-0.39, 0.29) is 6.61 Å². The molecule has 1 aliphatic heterocycles. The molecule has 1 N–H and O–H groups in total. The van der Waals surface area contributed by atoms with Crippen LogP contribution in [0.4, 0.5) is 0 Å². The molecule has 1 heterocycles. The van der Waals surface area contributed by atoms with Crippen LogP contribution in [-0.2, 0) is 4.74 Å². The number of hydrogen-bond donors (Lipinski definition) is 1. The Morgan fingerprint density at radius 3 is 2.13 bits per heavy atom. The average Bonchev–Trinajstić information content (AvgIpc) is 2.83. The highest BCUT2D eigenvalue weighted by Crippen LogP contribution is 2.34. The number of aliphatic hydroxyl groups excluding tert-OH is 1. The van der Waals surface area contributed by atoms with Crippen LogP contribution in [0.2, 0.25) is 0 Å². The Balaban J connectivity index is 2.03. The van der Waals surface area contributed by atoms with E-state index in [1.807, 2.05) is 24.3 Å². The Kier molecular flexibility index (Phi) is 7.69. The Labute approximate surface area is 183 Å². The van der Waals surface area contributed by atoms with Crippen molar-refractivity contribution in [2.75, 3.05) is 33.9 Å². The van der Waals surface area contributed by atoms with Crippen LogP contribution in [0.25, 0.3) is 11.3 Å². The fourth-order valence-electron chi connectivity index (χ4n) is 4.01. The standard InChI is InChI=1S/C25H28N2O4/c1-30-22-9-7-20(8-10-22)24(27-14-11-18(12-15-27)13-16-28)23(17-26)19-3-5-21(6-4-19)25(29)31-2/h3-10,18,28H,11-16H2,1-2H3/b24-23-. The van der Waals surface area contributed by atoms with E-state index in [1.165, 1.54) is 7.11 Å². The van der Waals surface area contributed by atoms with Gasteiger partial charge < -0.3 is 19.5 Å². The highest BCUT2D eigenvalue weighted by molar-refractivity contribution is 5.97. The van der Waals surface area contributed by atoms with Crippen molar-refractivity contribution in [1.29, 1.82) is 5.26 Å². The smallest absolute Gasteiger partial charge is 0.337 e. The second-order valence-corrected chi connectivity index (χ2v) is 7.58. The Morgan fingerprint density at radius 2 is 1.61 bits per heavy atom. The molecule has 0 atom stereocenters. The highest BCUT2D eigenvalue weighted by atomic mass is 16.5. The van der Waals surface area contributed by atoms with E-state index in [2.05, 4.69) is 11.0 Å². The summed E-state index contributed by atoms with van der Waals surface area (Å²) in [4.78, 5) is 14.0. The molecule has 6 nitrogen and oxygen atoms in total. The molecule has 1 aliphatic rings. The SMILES string of the molecule is COC(=O)c1ccc(/C(C#N)=C(/c2ccc(OC)cc2)N2CCC(CCO)CC2)cc1. The van der Waals surface area contributed by atoms with E-state index >= 15 is 0 Å². The third-order valence-electron chi connectivity index (χ3n) is 5.77. The molecule has 1 fully saturated rings. The van der Waals surface area contributed by atoms with Crippen molar-refractivity contribution in [2.24, 2.45) is 5.92 Å². The van der Waals surface area contributed by atoms with E-state index in [1.54, 1.807) is 31.4 Å². The molecule has 2 aromatic rings. The summed E-state index contributed by atoms with van der Waals surface area (Å²) >= 11 is 0. The van der Waals surface area contributed by atoms with Crippen molar-refractivity contribution in [2.45, 2.75) is 19.3 Å². The van der Waals surface area contributed by atoms with Gasteiger partial charge in [-0.3, -0.25) is 0 Å². The van der Waals surface area contributed by atoms with Gasteiger partial charge in [0.2, 0.25) is 0 Å². The Bertz CT molecular complexity index is 951. The summed E-state index contributed by atoms with van der Waals surface area (Å²) in [5, 5.41) is 19.4. The van der Waals surface area contributed by atoms with Gasteiger partial charge in [-0.15, -0.1) is 0 Å². The van der Waals surface area contributed by atoms with Crippen molar-refractivity contribution in [1.82, 2.24) is 4.90 Å². The van der Waals surface area contributed by atoms with E-state index < -0.39 is 5.97 Å². The molecule has 6 heteroatoms. The normalized spacial score (nSPS) is 15.1. The number of rotatable bonds is 7. The second-order valence-electron chi connectivity index (χ2n) is 7.58. The van der Waals surface area contributed by atoms with Gasteiger partial charge in [0, 0.05) is 19.7 Å². The molecule has 162 valence electrons. The van der Waals surface area contributed by atoms with Gasteiger partial charge in [0.1, 0.15) is 11.8 Å². The summed E-state index contributed by atoms with van der Waals surface area (Å²) in [6, 6.07) is 17.0. The summed E-state index contributed by atoms with van der Waals surface area (Å²) in [5.74, 6) is 0.851. The Morgan fingerprint density at radius 1 is 1.03 bits per heavy atom. The van der Waals surface area contributed by atoms with Crippen LogP contribution in [0, 0.1) is 17.2 Å². The summed E-state index contributed by atoms with van der Waals surface area (Å²) in [6.45, 7) is 1.84. The molecule has 3 rings (SSSR count). The van der Waals surface area contributed by atoms with E-state index in [0.717, 1.165) is 54.9 Å². The molecule has 0 spiro atoms. The van der Waals surface area contributed by atoms with E-state index in [4.69, 9.17) is 9.47 Å². The van der Waals surface area contributed by atoms with Crippen molar-refractivity contribution in [3.63, 3.8) is 0 Å². The number of ether oxygens (including phenoxy) is 2.